The number of benzene rings is 1. The second-order valence-corrected chi connectivity index (χ2v) is 6.30. The second-order valence-electron chi connectivity index (χ2n) is 6.30. The van der Waals surface area contributed by atoms with E-state index in [4.69, 9.17) is 9.47 Å². The Morgan fingerprint density at radius 2 is 2.12 bits per heavy atom. The van der Waals surface area contributed by atoms with Gasteiger partial charge in [0.15, 0.2) is 0 Å². The molecule has 0 spiro atoms. The van der Waals surface area contributed by atoms with E-state index in [0.29, 0.717) is 31.2 Å². The molecule has 2 aliphatic rings. The normalized spacial score (nSPS) is 23.8. The van der Waals surface area contributed by atoms with Crippen LogP contribution in [0, 0.1) is 6.92 Å². The van der Waals surface area contributed by atoms with Gasteiger partial charge < -0.3 is 20.1 Å². The molecule has 7 nitrogen and oxygen atoms in total. The molecule has 3 rings (SSSR count). The number of anilines is 1. The van der Waals surface area contributed by atoms with Crippen LogP contribution in [-0.4, -0.2) is 61.7 Å². The van der Waals surface area contributed by atoms with Crippen LogP contribution in [0.1, 0.15) is 12.5 Å². The van der Waals surface area contributed by atoms with Crippen molar-refractivity contribution >= 4 is 17.5 Å². The minimum Gasteiger partial charge on any atom is -0.466 e. The quantitative estimate of drug-likeness (QED) is 0.786. The van der Waals surface area contributed by atoms with Crippen molar-refractivity contribution in [3.05, 3.63) is 23.8 Å². The van der Waals surface area contributed by atoms with Gasteiger partial charge in [-0.2, -0.15) is 0 Å². The lowest BCUT2D eigenvalue weighted by Gasteiger charge is -2.33. The molecular formula is C17H23N3O4. The molecule has 1 aromatic carbocycles. The third-order valence-corrected chi connectivity index (χ3v) is 4.38. The zero-order chi connectivity index (χ0) is 17.2. The fourth-order valence-electron chi connectivity index (χ4n) is 2.81. The minimum absolute atomic E-state index is 0.431. The third kappa shape index (κ3) is 3.37. The van der Waals surface area contributed by atoms with E-state index in [2.05, 4.69) is 15.5 Å². The Bertz CT molecular complexity index is 643. The highest BCUT2D eigenvalue weighted by atomic mass is 16.5. The number of morpholine rings is 1. The molecule has 1 aromatic rings. The predicted octanol–water partition coefficient (Wildman–Crippen LogP) is 0.533. The van der Waals surface area contributed by atoms with E-state index in [1.165, 1.54) is 6.92 Å². The number of nitrogens with zero attached hydrogens (tertiary/aromatic N) is 1. The van der Waals surface area contributed by atoms with Gasteiger partial charge in [-0.15, -0.1) is 0 Å². The SMILES string of the molecule is Cc1ccc2c(c1)NC(=O)[C@](C)(C(=O)NCCN1CCOCC1)O2. The summed E-state index contributed by atoms with van der Waals surface area (Å²) in [6.45, 7) is 7.76. The largest absolute Gasteiger partial charge is 0.466 e. The Kier molecular flexibility index (Phi) is 4.73. The van der Waals surface area contributed by atoms with Gasteiger partial charge in [0.05, 0.1) is 18.9 Å². The van der Waals surface area contributed by atoms with Crippen LogP contribution in [0.5, 0.6) is 5.75 Å². The Labute approximate surface area is 141 Å². The first-order valence-corrected chi connectivity index (χ1v) is 8.18. The summed E-state index contributed by atoms with van der Waals surface area (Å²) in [5.41, 5.74) is 0.0441. The molecule has 24 heavy (non-hydrogen) atoms. The minimum atomic E-state index is -1.56. The van der Waals surface area contributed by atoms with Gasteiger partial charge in [-0.1, -0.05) is 6.07 Å². The summed E-state index contributed by atoms with van der Waals surface area (Å²) in [6, 6.07) is 5.47. The number of carbonyl (C=O) groups excluding carboxylic acids is 2. The highest BCUT2D eigenvalue weighted by molar-refractivity contribution is 6.15. The highest BCUT2D eigenvalue weighted by Gasteiger charge is 2.47. The van der Waals surface area contributed by atoms with Crippen molar-refractivity contribution in [3.8, 4) is 5.75 Å². The average Bonchev–Trinajstić information content (AvgIpc) is 2.57. The molecule has 2 N–H and O–H groups in total. The topological polar surface area (TPSA) is 79.9 Å². The van der Waals surface area contributed by atoms with Crippen LogP contribution in [0.3, 0.4) is 0 Å². The van der Waals surface area contributed by atoms with E-state index in [1.54, 1.807) is 6.07 Å². The van der Waals surface area contributed by atoms with E-state index in [9.17, 15) is 9.59 Å². The molecule has 2 heterocycles. The fraction of sp³-hybridized carbons (Fsp3) is 0.529. The van der Waals surface area contributed by atoms with Crippen molar-refractivity contribution < 1.29 is 19.1 Å². The molecule has 0 aliphatic carbocycles. The smallest absolute Gasteiger partial charge is 0.278 e. The third-order valence-electron chi connectivity index (χ3n) is 4.38. The molecule has 0 radical (unpaired) electrons. The summed E-state index contributed by atoms with van der Waals surface area (Å²) in [4.78, 5) is 27.1. The van der Waals surface area contributed by atoms with Gasteiger partial charge in [-0.05, 0) is 31.5 Å². The zero-order valence-electron chi connectivity index (χ0n) is 14.1. The van der Waals surface area contributed by atoms with E-state index in [1.807, 2.05) is 19.1 Å². The summed E-state index contributed by atoms with van der Waals surface area (Å²) in [5.74, 6) is -0.380. The molecule has 0 aromatic heterocycles. The maximum Gasteiger partial charge on any atom is 0.278 e. The number of hydrogen-bond acceptors (Lipinski definition) is 5. The number of amides is 2. The van der Waals surface area contributed by atoms with E-state index < -0.39 is 17.4 Å². The van der Waals surface area contributed by atoms with Crippen molar-refractivity contribution in [3.63, 3.8) is 0 Å². The molecule has 2 amide bonds. The van der Waals surface area contributed by atoms with Gasteiger partial charge in [-0.3, -0.25) is 14.5 Å². The van der Waals surface area contributed by atoms with Crippen LogP contribution in [0.25, 0.3) is 0 Å². The monoisotopic (exact) mass is 333 g/mol. The van der Waals surface area contributed by atoms with Crippen LogP contribution in [0.2, 0.25) is 0 Å². The molecule has 0 bridgehead atoms. The summed E-state index contributed by atoms with van der Waals surface area (Å²) < 4.78 is 11.0. The molecule has 1 fully saturated rings. The molecule has 0 saturated carbocycles. The van der Waals surface area contributed by atoms with Gasteiger partial charge >= 0.3 is 0 Å². The van der Waals surface area contributed by atoms with Gasteiger partial charge in [0.25, 0.3) is 17.4 Å². The lowest BCUT2D eigenvalue weighted by Crippen LogP contribution is -2.59. The van der Waals surface area contributed by atoms with E-state index in [0.717, 1.165) is 25.2 Å². The lowest BCUT2D eigenvalue weighted by molar-refractivity contribution is -0.146. The first-order valence-electron chi connectivity index (χ1n) is 8.18. The van der Waals surface area contributed by atoms with Gasteiger partial charge in [-0.25, -0.2) is 0 Å². The Morgan fingerprint density at radius 3 is 2.88 bits per heavy atom. The molecule has 1 atom stereocenters. The predicted molar refractivity (Wildman–Crippen MR) is 89.1 cm³/mol. The molecular weight excluding hydrogens is 310 g/mol. The van der Waals surface area contributed by atoms with Gasteiger partial charge in [0, 0.05) is 26.2 Å². The van der Waals surface area contributed by atoms with E-state index >= 15 is 0 Å². The number of aryl methyl sites for hydroxylation is 1. The summed E-state index contributed by atoms with van der Waals surface area (Å²) >= 11 is 0. The average molecular weight is 333 g/mol. The number of ether oxygens (including phenoxy) is 2. The van der Waals surface area contributed by atoms with Crippen molar-refractivity contribution in [2.24, 2.45) is 0 Å². The lowest BCUT2D eigenvalue weighted by atomic mass is 10.0. The Hall–Kier alpha value is -2.12. The second kappa shape index (κ2) is 6.78. The van der Waals surface area contributed by atoms with Crippen LogP contribution < -0.4 is 15.4 Å². The number of fused-ring (bicyclic) bond motifs is 1. The zero-order valence-corrected chi connectivity index (χ0v) is 14.1. The van der Waals surface area contributed by atoms with Crippen LogP contribution in [-0.2, 0) is 14.3 Å². The van der Waals surface area contributed by atoms with Crippen LogP contribution in [0.15, 0.2) is 18.2 Å². The maximum atomic E-state index is 12.5. The molecule has 2 aliphatic heterocycles. The summed E-state index contributed by atoms with van der Waals surface area (Å²) in [5, 5.41) is 5.57. The standard InChI is InChI=1S/C17H23N3O4/c1-12-3-4-14-13(11-12)19-16(22)17(2,24-14)15(21)18-5-6-20-7-9-23-10-8-20/h3-4,11H,5-10H2,1-2H3,(H,18,21)(H,19,22)/t17-/m0/s1. The van der Waals surface area contributed by atoms with Crippen molar-refractivity contribution in [1.29, 1.82) is 0 Å². The Morgan fingerprint density at radius 1 is 1.38 bits per heavy atom. The van der Waals surface area contributed by atoms with Crippen molar-refractivity contribution in [1.82, 2.24) is 10.2 Å². The van der Waals surface area contributed by atoms with E-state index in [-0.39, 0.29) is 0 Å². The summed E-state index contributed by atoms with van der Waals surface area (Å²) in [7, 11) is 0. The first kappa shape index (κ1) is 16.7. The van der Waals surface area contributed by atoms with Gasteiger partial charge in [0.1, 0.15) is 5.75 Å². The maximum absolute atomic E-state index is 12.5. The van der Waals surface area contributed by atoms with Crippen molar-refractivity contribution in [2.75, 3.05) is 44.7 Å². The summed E-state index contributed by atoms with van der Waals surface area (Å²) in [6.07, 6.45) is 0. The fourth-order valence-corrected chi connectivity index (χ4v) is 2.81. The Balaban J connectivity index is 1.60. The molecule has 7 heteroatoms. The first-order chi connectivity index (χ1) is 11.5. The highest BCUT2D eigenvalue weighted by Crippen LogP contribution is 2.34. The van der Waals surface area contributed by atoms with Crippen LogP contribution in [0.4, 0.5) is 5.69 Å². The van der Waals surface area contributed by atoms with Crippen molar-refractivity contribution in [2.45, 2.75) is 19.4 Å². The number of carbonyl (C=O) groups is 2. The molecule has 130 valence electrons. The molecule has 1 saturated heterocycles. The molecule has 0 unspecified atom stereocenters. The number of nitrogens with one attached hydrogen (secondary N) is 2. The van der Waals surface area contributed by atoms with Gasteiger partial charge in [0.2, 0.25) is 0 Å². The van der Waals surface area contributed by atoms with Crippen LogP contribution >= 0.6 is 0 Å². The number of rotatable bonds is 4. The number of hydrogen-bond donors (Lipinski definition) is 2.